The fraction of sp³-hybridized carbons (Fsp3) is 0.852. The van der Waals surface area contributed by atoms with Crippen LogP contribution >= 0.6 is 0 Å². The number of carboxylic acids is 1. The van der Waals surface area contributed by atoms with Crippen molar-refractivity contribution in [2.45, 2.75) is 108 Å². The number of fused-ring (bicyclic) bond motifs is 6. The Kier molecular flexibility index (Phi) is 7.02. The van der Waals surface area contributed by atoms with Gasteiger partial charge < -0.3 is 30.3 Å². The third-order valence-corrected chi connectivity index (χ3v) is 11.7. The number of carboxylic acid groups (broad SMARTS) is 1. The van der Waals surface area contributed by atoms with E-state index in [0.29, 0.717) is 23.7 Å². The zero-order chi connectivity index (χ0) is 25.8. The van der Waals surface area contributed by atoms with E-state index in [0.717, 1.165) is 62.6 Å². The van der Waals surface area contributed by atoms with Crippen LogP contribution in [0.3, 0.4) is 0 Å². The van der Waals surface area contributed by atoms with Crippen molar-refractivity contribution in [3.63, 3.8) is 0 Å². The van der Waals surface area contributed by atoms with E-state index in [9.17, 15) is 30.3 Å². The molecule has 1 saturated heterocycles. The Hall–Kier alpha value is -0.520. The fourth-order valence-corrected chi connectivity index (χ4v) is 9.32. The van der Waals surface area contributed by atoms with Crippen LogP contribution in [0.4, 0.5) is 0 Å². The minimum atomic E-state index is -1.72. The molecule has 1 radical (unpaired) electrons. The van der Waals surface area contributed by atoms with E-state index >= 15 is 0 Å². The maximum Gasteiger partial charge on any atom is 0.335 e. The average Bonchev–Trinajstić information content (AvgIpc) is 3.32. The van der Waals surface area contributed by atoms with Crippen molar-refractivity contribution in [2.75, 3.05) is 0 Å². The van der Waals surface area contributed by atoms with Crippen molar-refractivity contribution in [3.8, 4) is 0 Å². The molecule has 0 amide bonds. The van der Waals surface area contributed by atoms with Gasteiger partial charge in [-0.15, -0.1) is 0 Å². The predicted octanol–water partition coefficient (Wildman–Crippen LogP) is 1.28. The summed E-state index contributed by atoms with van der Waals surface area (Å²) in [7, 11) is 0. The molecule has 0 aromatic carbocycles. The topological polar surface area (TPSA) is 145 Å². The van der Waals surface area contributed by atoms with E-state index in [4.69, 9.17) is 4.74 Å². The van der Waals surface area contributed by atoms with Crippen LogP contribution in [0.2, 0.25) is 0 Å². The van der Waals surface area contributed by atoms with E-state index in [1.54, 1.807) is 10.9 Å². The summed E-state index contributed by atoms with van der Waals surface area (Å²) in [4.78, 5) is 11.6. The molecule has 0 bridgehead atoms. The van der Waals surface area contributed by atoms with Crippen LogP contribution in [-0.4, -0.2) is 101 Å². The summed E-state index contributed by atoms with van der Waals surface area (Å²) in [5.41, 5.74) is 1.53. The van der Waals surface area contributed by atoms with Gasteiger partial charge in [-0.25, -0.2) is 9.48 Å². The quantitative estimate of drug-likeness (QED) is 0.362. The van der Waals surface area contributed by atoms with Crippen LogP contribution in [0.5, 0.6) is 0 Å². The molecule has 5 aliphatic rings. The molecule has 4 fully saturated rings. The van der Waals surface area contributed by atoms with Crippen molar-refractivity contribution in [1.29, 1.82) is 0 Å². The van der Waals surface area contributed by atoms with E-state index < -0.39 is 42.2 Å². The molecule has 0 unspecified atom stereocenters. The summed E-state index contributed by atoms with van der Waals surface area (Å²) in [6, 6.07) is 0. The number of hydrogen-bond acceptors (Lipinski definition) is 7. The maximum absolute atomic E-state index is 11.6. The van der Waals surface area contributed by atoms with Gasteiger partial charge in [-0.3, -0.25) is 0 Å². The van der Waals surface area contributed by atoms with Crippen molar-refractivity contribution >= 4 is 35.5 Å². The van der Waals surface area contributed by atoms with Crippen molar-refractivity contribution in [2.24, 2.45) is 34.5 Å². The summed E-state index contributed by atoms with van der Waals surface area (Å²) in [5.74, 6) is 0.802. The molecule has 6 rings (SSSR count). The summed E-state index contributed by atoms with van der Waals surface area (Å²) in [6.45, 7) is 6.77. The van der Waals surface area contributed by atoms with Gasteiger partial charge in [0, 0.05) is 35.3 Å². The van der Waals surface area contributed by atoms with Crippen LogP contribution in [-0.2, 0) is 22.4 Å². The van der Waals surface area contributed by atoms with Gasteiger partial charge in [0.1, 0.15) is 18.3 Å². The second kappa shape index (κ2) is 9.26. The minimum absolute atomic E-state index is 0. The first-order valence-electron chi connectivity index (χ1n) is 13.6. The molecule has 3 saturated carbocycles. The van der Waals surface area contributed by atoms with Gasteiger partial charge >= 0.3 is 5.97 Å². The monoisotopic (exact) mass is 527 g/mol. The number of aliphatic carboxylic acids is 1. The van der Waals surface area contributed by atoms with Crippen LogP contribution in [0.15, 0.2) is 6.20 Å². The summed E-state index contributed by atoms with van der Waals surface area (Å²) < 4.78 is 7.14. The third kappa shape index (κ3) is 3.86. The van der Waals surface area contributed by atoms with E-state index in [1.165, 1.54) is 0 Å². The summed E-state index contributed by atoms with van der Waals surface area (Å²) in [5, 5.41) is 56.2. The predicted molar refractivity (Wildman–Crippen MR) is 133 cm³/mol. The molecular weight excluding hydrogens is 487 g/mol. The minimum Gasteiger partial charge on any atom is -0.479 e. The van der Waals surface area contributed by atoms with Gasteiger partial charge in [-0.2, -0.15) is 5.10 Å². The Labute approximate surface area is 239 Å². The second-order valence-electron chi connectivity index (χ2n) is 13.1. The molecule has 12 atom stereocenters. The van der Waals surface area contributed by atoms with Crippen LogP contribution < -0.4 is 0 Å². The first-order valence-corrected chi connectivity index (χ1v) is 13.6. The summed E-state index contributed by atoms with van der Waals surface area (Å²) in [6.07, 6.45) is 2.17. The van der Waals surface area contributed by atoms with Gasteiger partial charge in [0.25, 0.3) is 0 Å². The molecule has 1 aromatic rings. The molecule has 9 nitrogen and oxygen atoms in total. The normalized spacial score (nSPS) is 50.7. The smallest absolute Gasteiger partial charge is 0.335 e. The molecule has 10 heteroatoms. The van der Waals surface area contributed by atoms with Crippen molar-refractivity contribution in [3.05, 3.63) is 17.5 Å². The Bertz CT molecular complexity index is 1060. The second-order valence-corrected chi connectivity index (χ2v) is 13.1. The number of aromatic nitrogens is 2. The maximum atomic E-state index is 11.6. The van der Waals surface area contributed by atoms with Gasteiger partial charge in [-0.05, 0) is 98.4 Å². The van der Waals surface area contributed by atoms with Crippen molar-refractivity contribution in [1.82, 2.24) is 9.78 Å². The molecule has 1 aliphatic heterocycles. The van der Waals surface area contributed by atoms with Gasteiger partial charge in [-0.1, -0.05) is 13.8 Å². The molecule has 201 valence electrons. The number of ether oxygens (including phenoxy) is 1. The third-order valence-electron chi connectivity index (χ3n) is 11.7. The first-order chi connectivity index (χ1) is 16.9. The summed E-state index contributed by atoms with van der Waals surface area (Å²) >= 11 is 0. The standard InChI is InChI=1S/C27H40N2O7.Na/c1-25-11-13-12-28-29(23-21(32)19(30)20(31)22(36-23)24(33)34)18(13)10-14(25)4-5-15-16(25)6-8-26(2)17(15)7-9-27(26,3)35;/h12,14-17,19-23,30-32,35H,4-11H2,1-3H3,(H,33,34);/t14-,15+,16-,17-,19-,20-,21+,22-,23+,25-,26-,27-;/m0./s1. The van der Waals surface area contributed by atoms with Gasteiger partial charge in [0.05, 0.1) is 11.8 Å². The van der Waals surface area contributed by atoms with Crippen LogP contribution in [0, 0.1) is 34.5 Å². The number of carbonyl (C=O) groups is 1. The molecule has 2 heterocycles. The molecule has 37 heavy (non-hydrogen) atoms. The molecular formula is C27H40N2NaO7. The van der Waals surface area contributed by atoms with E-state index in [1.807, 2.05) is 6.92 Å². The van der Waals surface area contributed by atoms with Crippen LogP contribution in [0.25, 0.3) is 0 Å². The van der Waals surface area contributed by atoms with Gasteiger partial charge in [0.2, 0.25) is 0 Å². The largest absolute Gasteiger partial charge is 0.479 e. The zero-order valence-corrected chi connectivity index (χ0v) is 24.4. The number of rotatable bonds is 2. The first kappa shape index (κ1) is 28.0. The molecule has 0 spiro atoms. The SMILES string of the molecule is C[C@]12Cc3cnn([C@@H]4O[C@H](C(=O)O)[C@@H](O)[C@H](O)[C@H]4O)c3C[C@@H]1CC[C@@H]1[C@@H]2CC[C@@]2(C)[C@H]1CC[C@]2(C)O.[Na]. The number of aliphatic hydroxyl groups is 4. The Morgan fingerprint density at radius 1 is 1.03 bits per heavy atom. The fourth-order valence-electron chi connectivity index (χ4n) is 9.32. The van der Waals surface area contributed by atoms with Crippen molar-refractivity contribution < 1.29 is 35.1 Å². The average molecular weight is 528 g/mol. The number of nitrogens with zero attached hydrogens (tertiary/aromatic N) is 2. The Balaban J connectivity index is 0.00000280. The number of aliphatic hydroxyl groups excluding tert-OH is 3. The van der Waals surface area contributed by atoms with E-state index in [2.05, 4.69) is 18.9 Å². The zero-order valence-electron chi connectivity index (χ0n) is 22.4. The Morgan fingerprint density at radius 2 is 1.73 bits per heavy atom. The van der Waals surface area contributed by atoms with Crippen LogP contribution in [0.1, 0.15) is 76.8 Å². The molecule has 1 aromatic heterocycles. The molecule has 5 N–H and O–H groups in total. The van der Waals surface area contributed by atoms with Gasteiger partial charge in [0.15, 0.2) is 12.3 Å². The molecule has 4 aliphatic carbocycles. The van der Waals surface area contributed by atoms with E-state index in [-0.39, 0.29) is 40.4 Å². The Morgan fingerprint density at radius 3 is 2.43 bits per heavy atom. The number of hydrogen-bond donors (Lipinski definition) is 5.